The molecule has 1 unspecified atom stereocenters. The molecule has 3 nitrogen and oxygen atoms in total. The van der Waals surface area contributed by atoms with Crippen molar-refractivity contribution in [3.05, 3.63) is 35.9 Å². The molecule has 0 saturated carbocycles. The zero-order chi connectivity index (χ0) is 14.3. The summed E-state index contributed by atoms with van der Waals surface area (Å²) in [5.41, 5.74) is 6.55. The van der Waals surface area contributed by atoms with E-state index < -0.39 is 5.41 Å². The number of carbonyl (C=O) groups is 1. The second-order valence-corrected chi connectivity index (χ2v) is 5.22. The summed E-state index contributed by atoms with van der Waals surface area (Å²) >= 11 is 0. The van der Waals surface area contributed by atoms with E-state index in [0.717, 1.165) is 12.8 Å². The summed E-state index contributed by atoms with van der Waals surface area (Å²) in [6, 6.07) is 10.2. The van der Waals surface area contributed by atoms with E-state index in [9.17, 15) is 4.79 Å². The molecule has 0 heterocycles. The summed E-state index contributed by atoms with van der Waals surface area (Å²) < 4.78 is 5.23. The van der Waals surface area contributed by atoms with Crippen LogP contribution in [-0.2, 0) is 16.0 Å². The lowest BCUT2D eigenvalue weighted by molar-refractivity contribution is -0.158. The Labute approximate surface area is 116 Å². The lowest BCUT2D eigenvalue weighted by atomic mass is 9.73. The van der Waals surface area contributed by atoms with Gasteiger partial charge in [-0.1, -0.05) is 44.2 Å². The molecule has 1 aromatic carbocycles. The number of aryl methyl sites for hydroxylation is 1. The van der Waals surface area contributed by atoms with Gasteiger partial charge in [-0.15, -0.1) is 0 Å². The van der Waals surface area contributed by atoms with Gasteiger partial charge in [-0.3, -0.25) is 4.79 Å². The SMILES string of the molecule is CCOC(=O)C(CN)(CCc1ccccc1)C(C)C. The minimum atomic E-state index is -0.578. The molecule has 0 fully saturated rings. The second kappa shape index (κ2) is 7.29. The van der Waals surface area contributed by atoms with Gasteiger partial charge in [-0.05, 0) is 31.2 Å². The Hall–Kier alpha value is -1.35. The van der Waals surface area contributed by atoms with Gasteiger partial charge in [-0.25, -0.2) is 0 Å². The van der Waals surface area contributed by atoms with Crippen molar-refractivity contribution < 1.29 is 9.53 Å². The van der Waals surface area contributed by atoms with E-state index in [1.165, 1.54) is 5.56 Å². The van der Waals surface area contributed by atoms with Gasteiger partial charge in [0.25, 0.3) is 0 Å². The summed E-state index contributed by atoms with van der Waals surface area (Å²) in [5, 5.41) is 0. The standard InChI is InChI=1S/C16H25NO2/c1-4-19-15(18)16(12-17,13(2)3)11-10-14-8-6-5-7-9-14/h5-9,13H,4,10-12,17H2,1-3H3. The highest BCUT2D eigenvalue weighted by Crippen LogP contribution is 2.33. The van der Waals surface area contributed by atoms with E-state index >= 15 is 0 Å². The molecular weight excluding hydrogens is 238 g/mol. The van der Waals surface area contributed by atoms with Gasteiger partial charge in [0.2, 0.25) is 0 Å². The summed E-state index contributed by atoms with van der Waals surface area (Å²) in [5.74, 6) is 0.00342. The van der Waals surface area contributed by atoms with Gasteiger partial charge in [0, 0.05) is 6.54 Å². The van der Waals surface area contributed by atoms with Crippen LogP contribution >= 0.6 is 0 Å². The average Bonchev–Trinajstić information content (AvgIpc) is 2.41. The summed E-state index contributed by atoms with van der Waals surface area (Å²) in [6.07, 6.45) is 1.57. The second-order valence-electron chi connectivity index (χ2n) is 5.22. The smallest absolute Gasteiger partial charge is 0.313 e. The number of hydrogen-bond acceptors (Lipinski definition) is 3. The average molecular weight is 263 g/mol. The van der Waals surface area contributed by atoms with E-state index in [0.29, 0.717) is 13.2 Å². The Morgan fingerprint density at radius 3 is 2.42 bits per heavy atom. The zero-order valence-corrected chi connectivity index (χ0v) is 12.2. The molecule has 1 atom stereocenters. The minimum absolute atomic E-state index is 0.163. The lowest BCUT2D eigenvalue weighted by Crippen LogP contribution is -2.44. The first-order chi connectivity index (χ1) is 9.06. The molecule has 106 valence electrons. The molecular formula is C16H25NO2. The van der Waals surface area contributed by atoms with Crippen LogP contribution in [0.1, 0.15) is 32.8 Å². The van der Waals surface area contributed by atoms with E-state index in [4.69, 9.17) is 10.5 Å². The molecule has 0 bridgehead atoms. The Morgan fingerprint density at radius 2 is 1.95 bits per heavy atom. The van der Waals surface area contributed by atoms with Crippen LogP contribution in [0.2, 0.25) is 0 Å². The molecule has 1 rings (SSSR count). The maximum absolute atomic E-state index is 12.3. The van der Waals surface area contributed by atoms with Crippen LogP contribution in [-0.4, -0.2) is 19.1 Å². The molecule has 0 aliphatic heterocycles. The topological polar surface area (TPSA) is 52.3 Å². The zero-order valence-electron chi connectivity index (χ0n) is 12.2. The third-order valence-corrected chi connectivity index (χ3v) is 3.85. The molecule has 19 heavy (non-hydrogen) atoms. The summed E-state index contributed by atoms with van der Waals surface area (Å²) in [6.45, 7) is 6.63. The number of nitrogens with two attached hydrogens (primary N) is 1. The molecule has 3 heteroatoms. The fourth-order valence-electron chi connectivity index (χ4n) is 2.33. The van der Waals surface area contributed by atoms with E-state index in [1.54, 1.807) is 0 Å². The monoisotopic (exact) mass is 263 g/mol. The van der Waals surface area contributed by atoms with E-state index in [-0.39, 0.29) is 11.9 Å². The van der Waals surface area contributed by atoms with Crippen molar-refractivity contribution in [2.45, 2.75) is 33.6 Å². The predicted molar refractivity (Wildman–Crippen MR) is 77.7 cm³/mol. The van der Waals surface area contributed by atoms with Crippen LogP contribution in [0.4, 0.5) is 0 Å². The number of benzene rings is 1. The van der Waals surface area contributed by atoms with Crippen molar-refractivity contribution >= 4 is 5.97 Å². The number of hydrogen-bond donors (Lipinski definition) is 1. The highest BCUT2D eigenvalue weighted by Gasteiger charge is 2.41. The van der Waals surface area contributed by atoms with E-state index in [1.807, 2.05) is 39.0 Å². The van der Waals surface area contributed by atoms with Gasteiger partial charge in [-0.2, -0.15) is 0 Å². The third-order valence-electron chi connectivity index (χ3n) is 3.85. The maximum Gasteiger partial charge on any atom is 0.313 e. The fraction of sp³-hybridized carbons (Fsp3) is 0.562. The minimum Gasteiger partial charge on any atom is -0.466 e. The maximum atomic E-state index is 12.3. The summed E-state index contributed by atoms with van der Waals surface area (Å²) in [4.78, 5) is 12.3. The van der Waals surface area contributed by atoms with Crippen LogP contribution in [0.15, 0.2) is 30.3 Å². The van der Waals surface area contributed by atoms with Crippen molar-refractivity contribution in [2.75, 3.05) is 13.2 Å². The van der Waals surface area contributed by atoms with E-state index in [2.05, 4.69) is 12.1 Å². The van der Waals surface area contributed by atoms with Gasteiger partial charge >= 0.3 is 5.97 Å². The van der Waals surface area contributed by atoms with Crippen molar-refractivity contribution in [2.24, 2.45) is 17.1 Å². The third kappa shape index (κ3) is 3.80. The Morgan fingerprint density at radius 1 is 1.32 bits per heavy atom. The number of rotatable bonds is 7. The molecule has 0 spiro atoms. The molecule has 0 amide bonds. The molecule has 2 N–H and O–H groups in total. The Kier molecular flexibility index (Phi) is 6.03. The van der Waals surface area contributed by atoms with Crippen LogP contribution < -0.4 is 5.73 Å². The van der Waals surface area contributed by atoms with Gasteiger partial charge in [0.1, 0.15) is 0 Å². The number of carbonyl (C=O) groups excluding carboxylic acids is 1. The largest absolute Gasteiger partial charge is 0.466 e. The predicted octanol–water partition coefficient (Wildman–Crippen LogP) is 2.78. The summed E-state index contributed by atoms with van der Waals surface area (Å²) in [7, 11) is 0. The number of ether oxygens (including phenoxy) is 1. The van der Waals surface area contributed by atoms with Crippen molar-refractivity contribution in [1.29, 1.82) is 0 Å². The first kappa shape index (κ1) is 15.7. The lowest BCUT2D eigenvalue weighted by Gasteiger charge is -2.34. The van der Waals surface area contributed by atoms with Crippen molar-refractivity contribution in [3.8, 4) is 0 Å². The number of esters is 1. The van der Waals surface area contributed by atoms with Crippen LogP contribution in [0.25, 0.3) is 0 Å². The highest BCUT2D eigenvalue weighted by molar-refractivity contribution is 5.77. The van der Waals surface area contributed by atoms with Crippen LogP contribution in [0.3, 0.4) is 0 Å². The molecule has 0 aliphatic rings. The normalized spacial score (nSPS) is 14.2. The Balaban J connectivity index is 2.82. The quantitative estimate of drug-likeness (QED) is 0.770. The molecule has 0 saturated heterocycles. The molecule has 0 aliphatic carbocycles. The first-order valence-electron chi connectivity index (χ1n) is 6.98. The first-order valence-corrected chi connectivity index (χ1v) is 6.98. The van der Waals surface area contributed by atoms with Gasteiger partial charge in [0.15, 0.2) is 0 Å². The van der Waals surface area contributed by atoms with Gasteiger partial charge < -0.3 is 10.5 Å². The van der Waals surface area contributed by atoms with Gasteiger partial charge in [0.05, 0.1) is 12.0 Å². The molecule has 0 aromatic heterocycles. The van der Waals surface area contributed by atoms with Crippen molar-refractivity contribution in [3.63, 3.8) is 0 Å². The van der Waals surface area contributed by atoms with Crippen LogP contribution in [0.5, 0.6) is 0 Å². The molecule has 1 aromatic rings. The highest BCUT2D eigenvalue weighted by atomic mass is 16.5. The van der Waals surface area contributed by atoms with Crippen molar-refractivity contribution in [1.82, 2.24) is 0 Å². The van der Waals surface area contributed by atoms with Crippen LogP contribution in [0, 0.1) is 11.3 Å². The molecule has 0 radical (unpaired) electrons. The fourth-order valence-corrected chi connectivity index (χ4v) is 2.33. The Bertz CT molecular complexity index is 389.